The van der Waals surface area contributed by atoms with E-state index in [0.717, 1.165) is 96.8 Å². The highest BCUT2D eigenvalue weighted by molar-refractivity contribution is 6.32. The lowest BCUT2D eigenvalue weighted by atomic mass is 9.77. The highest BCUT2D eigenvalue weighted by Gasteiger charge is 2.41. The van der Waals surface area contributed by atoms with E-state index in [-0.39, 0.29) is 13.2 Å². The zero-order valence-corrected chi connectivity index (χ0v) is 33.2. The molecule has 0 amide bonds. The highest BCUT2D eigenvalue weighted by Crippen LogP contribution is 2.39. The van der Waals surface area contributed by atoms with Gasteiger partial charge in [0.2, 0.25) is 0 Å². The van der Waals surface area contributed by atoms with Crippen molar-refractivity contribution in [3.8, 4) is 34.4 Å². The van der Waals surface area contributed by atoms with E-state index in [1.54, 1.807) is 18.3 Å². The molecule has 1 atom stereocenters. The van der Waals surface area contributed by atoms with Crippen molar-refractivity contribution in [1.82, 2.24) is 14.8 Å². The average Bonchev–Trinajstić information content (AvgIpc) is 3.20. The predicted octanol–water partition coefficient (Wildman–Crippen LogP) is 8.37. The van der Waals surface area contributed by atoms with Crippen molar-refractivity contribution < 1.29 is 28.8 Å². The number of aromatic nitrogens is 1. The Kier molecular flexibility index (Phi) is 12.8. The number of hydrogen-bond acceptors (Lipinski definition) is 9. The van der Waals surface area contributed by atoms with Crippen LogP contribution in [0.15, 0.2) is 67.0 Å². The number of ether oxygens (including phenoxy) is 4. The molecule has 4 heterocycles. The second-order valence-electron chi connectivity index (χ2n) is 15.5. The summed E-state index contributed by atoms with van der Waals surface area (Å²) in [5.41, 5.74) is 7.86. The Bertz CT molecular complexity index is 2050. The quantitative estimate of drug-likeness (QED) is 0.118. The van der Waals surface area contributed by atoms with Gasteiger partial charge >= 0.3 is 5.97 Å². The van der Waals surface area contributed by atoms with Crippen LogP contribution in [0.1, 0.15) is 71.9 Å². The molecule has 4 aromatic rings. The van der Waals surface area contributed by atoms with Gasteiger partial charge in [-0.05, 0) is 112 Å². The van der Waals surface area contributed by atoms with E-state index in [1.165, 1.54) is 19.0 Å². The third-order valence-corrected chi connectivity index (χ3v) is 12.0. The lowest BCUT2D eigenvalue weighted by Crippen LogP contribution is -2.51. The van der Waals surface area contributed by atoms with E-state index < -0.39 is 12.0 Å². The normalized spacial score (nSPS) is 18.2. The Morgan fingerprint density at radius 1 is 0.929 bits per heavy atom. The van der Waals surface area contributed by atoms with Crippen LogP contribution in [0.5, 0.6) is 17.2 Å². The van der Waals surface area contributed by atoms with Gasteiger partial charge in [-0.1, -0.05) is 48.4 Å². The minimum atomic E-state index is -0.828. The fourth-order valence-electron chi connectivity index (χ4n) is 8.16. The summed E-state index contributed by atoms with van der Waals surface area (Å²) in [5.74, 6) is 1.07. The molecule has 56 heavy (non-hydrogen) atoms. The predicted molar refractivity (Wildman–Crippen MR) is 215 cm³/mol. The molecule has 294 valence electrons. The van der Waals surface area contributed by atoms with E-state index in [1.807, 2.05) is 17.0 Å². The number of nitrogens with zero attached hydrogens (tertiary/aromatic N) is 4. The van der Waals surface area contributed by atoms with Gasteiger partial charge in [-0.3, -0.25) is 14.7 Å². The summed E-state index contributed by atoms with van der Waals surface area (Å²) in [7, 11) is 0. The molecule has 1 N–H and O–H groups in total. The maximum atomic E-state index is 12.1. The summed E-state index contributed by atoms with van der Waals surface area (Å²) in [4.78, 5) is 20.8. The summed E-state index contributed by atoms with van der Waals surface area (Å²) >= 11 is 6.88. The Labute approximate surface area is 334 Å². The van der Waals surface area contributed by atoms with Gasteiger partial charge in [-0.15, -0.1) is 0 Å². The molecule has 1 spiro atoms. The molecule has 3 saturated heterocycles. The molecule has 0 radical (unpaired) electrons. The van der Waals surface area contributed by atoms with Crippen molar-refractivity contribution in [1.29, 1.82) is 5.26 Å². The van der Waals surface area contributed by atoms with Crippen molar-refractivity contribution in [3.05, 3.63) is 105 Å². The molecule has 0 aliphatic carbocycles. The van der Waals surface area contributed by atoms with Crippen LogP contribution in [0.4, 0.5) is 0 Å². The summed E-state index contributed by atoms with van der Waals surface area (Å²) in [6.07, 6.45) is 9.03. The van der Waals surface area contributed by atoms with Crippen LogP contribution in [0, 0.1) is 30.6 Å². The second kappa shape index (κ2) is 18.1. The average molecular weight is 779 g/mol. The van der Waals surface area contributed by atoms with Crippen LogP contribution in [-0.4, -0.2) is 77.9 Å². The first-order valence-electron chi connectivity index (χ1n) is 19.7. The SMILES string of the molecule is Cc1c(COc2cc(OCc3cncc(C#N)c3)c(CN3CCCC[C@H]3C(=O)O)cc2Cl)cccc1-c1cccc(OCCCN2CCC3(CC2)COC3)c1C. The fourth-order valence-corrected chi connectivity index (χ4v) is 8.40. The van der Waals surface area contributed by atoms with E-state index >= 15 is 0 Å². The van der Waals surface area contributed by atoms with E-state index in [9.17, 15) is 15.2 Å². The van der Waals surface area contributed by atoms with Gasteiger partial charge < -0.3 is 29.0 Å². The standard InChI is InChI=1S/C45H51ClN4O6/c1-31-35(8-5-9-37(31)38-10-6-12-41(32(38)2)54-19-7-15-49-17-13-45(14-18-49)29-53-30-45)28-56-43-22-42(55-27-34-20-33(23-47)24-48-25-34)36(21-39(43)46)26-50-16-4-3-11-40(50)44(51)52/h5-6,8-10,12,20-22,24-25,40H,3-4,7,11,13-19,26-30H2,1-2H3,(H,51,52)/t40-/m0/s1. The number of piperidine rings is 2. The van der Waals surface area contributed by atoms with Crippen LogP contribution in [0.2, 0.25) is 5.02 Å². The number of pyridine rings is 1. The number of rotatable bonds is 15. The minimum absolute atomic E-state index is 0.164. The molecular formula is C45H51ClN4O6. The lowest BCUT2D eigenvalue weighted by molar-refractivity contribution is -0.144. The van der Waals surface area contributed by atoms with Crippen LogP contribution in [0.25, 0.3) is 11.1 Å². The van der Waals surface area contributed by atoms with Gasteiger partial charge in [0.25, 0.3) is 0 Å². The number of carboxylic acids is 1. The van der Waals surface area contributed by atoms with Crippen molar-refractivity contribution in [2.24, 2.45) is 5.41 Å². The van der Waals surface area contributed by atoms with Crippen molar-refractivity contribution >= 4 is 17.6 Å². The second-order valence-corrected chi connectivity index (χ2v) is 15.9. The van der Waals surface area contributed by atoms with E-state index in [4.69, 9.17) is 30.5 Å². The first-order chi connectivity index (χ1) is 27.2. The lowest BCUT2D eigenvalue weighted by Gasteiger charge is -2.47. The molecule has 3 aromatic carbocycles. The van der Waals surface area contributed by atoms with Crippen LogP contribution in [0.3, 0.4) is 0 Å². The molecular weight excluding hydrogens is 728 g/mol. The van der Waals surface area contributed by atoms with Crippen molar-refractivity contribution in [3.63, 3.8) is 0 Å². The number of carbonyl (C=O) groups is 1. The smallest absolute Gasteiger partial charge is 0.320 e. The van der Waals surface area contributed by atoms with Gasteiger partial charge in [0.1, 0.15) is 42.6 Å². The van der Waals surface area contributed by atoms with Gasteiger partial charge in [0, 0.05) is 48.1 Å². The number of benzene rings is 3. The zero-order chi connectivity index (χ0) is 39.1. The molecule has 3 aliphatic heterocycles. The number of hydrogen-bond donors (Lipinski definition) is 1. The van der Waals surface area contributed by atoms with Gasteiger partial charge in [0.05, 0.1) is 30.4 Å². The fraction of sp³-hybridized carbons (Fsp3) is 0.444. The molecule has 0 bridgehead atoms. The molecule has 1 aromatic heterocycles. The Balaban J connectivity index is 1.03. The first kappa shape index (κ1) is 39.6. The minimum Gasteiger partial charge on any atom is -0.493 e. The third kappa shape index (κ3) is 9.30. The maximum absolute atomic E-state index is 12.1. The number of aliphatic carboxylic acids is 1. The largest absolute Gasteiger partial charge is 0.493 e. The van der Waals surface area contributed by atoms with Crippen LogP contribution in [-0.2, 0) is 29.3 Å². The topological polar surface area (TPSA) is 117 Å². The molecule has 10 nitrogen and oxygen atoms in total. The molecule has 0 saturated carbocycles. The Hall–Kier alpha value is -4.66. The summed E-state index contributed by atoms with van der Waals surface area (Å²) < 4.78 is 24.6. The van der Waals surface area contributed by atoms with Gasteiger partial charge in [-0.2, -0.15) is 5.26 Å². The van der Waals surface area contributed by atoms with E-state index in [2.05, 4.69) is 60.1 Å². The first-order valence-corrected chi connectivity index (χ1v) is 20.1. The molecule has 0 unspecified atom stereocenters. The summed E-state index contributed by atoms with van der Waals surface area (Å²) in [5, 5.41) is 19.7. The van der Waals surface area contributed by atoms with Gasteiger partial charge in [0.15, 0.2) is 0 Å². The Morgan fingerprint density at radius 3 is 2.45 bits per heavy atom. The summed E-state index contributed by atoms with van der Waals surface area (Å²) in [6.45, 7) is 11.6. The maximum Gasteiger partial charge on any atom is 0.320 e. The monoisotopic (exact) mass is 778 g/mol. The number of nitriles is 1. The zero-order valence-electron chi connectivity index (χ0n) is 32.4. The number of carboxylic acid groups (broad SMARTS) is 1. The van der Waals surface area contributed by atoms with Crippen LogP contribution < -0.4 is 14.2 Å². The summed E-state index contributed by atoms with van der Waals surface area (Å²) in [6, 6.07) is 19.4. The number of halogens is 1. The molecule has 3 fully saturated rings. The molecule has 11 heteroatoms. The molecule has 3 aliphatic rings. The van der Waals surface area contributed by atoms with Gasteiger partial charge in [-0.25, -0.2) is 0 Å². The third-order valence-electron chi connectivity index (χ3n) is 11.7. The van der Waals surface area contributed by atoms with Crippen molar-refractivity contribution in [2.75, 3.05) is 46.0 Å². The number of likely N-dealkylation sites (tertiary alicyclic amines) is 2. The van der Waals surface area contributed by atoms with Crippen LogP contribution >= 0.6 is 11.6 Å². The van der Waals surface area contributed by atoms with E-state index in [0.29, 0.717) is 53.6 Å². The van der Waals surface area contributed by atoms with Crippen molar-refractivity contribution in [2.45, 2.75) is 78.2 Å². The molecule has 7 rings (SSSR count). The highest BCUT2D eigenvalue weighted by atomic mass is 35.5. The Morgan fingerprint density at radius 2 is 1.70 bits per heavy atom.